The Bertz CT molecular complexity index is 466. The Morgan fingerprint density at radius 1 is 0.952 bits per heavy atom. The maximum atomic E-state index is 5.49. The van der Waals surface area contributed by atoms with E-state index in [4.69, 9.17) is 4.74 Å². The number of hydrogen-bond donors (Lipinski definition) is 1. The van der Waals surface area contributed by atoms with Crippen LogP contribution in [0.2, 0.25) is 0 Å². The zero-order valence-corrected chi connectivity index (χ0v) is 13.6. The lowest BCUT2D eigenvalue weighted by Crippen LogP contribution is -2.47. The molecule has 2 saturated carbocycles. The van der Waals surface area contributed by atoms with Crippen LogP contribution in [0.5, 0.6) is 5.75 Å². The summed E-state index contributed by atoms with van der Waals surface area (Å²) >= 11 is 0. The van der Waals surface area contributed by atoms with Gasteiger partial charge in [0.15, 0.2) is 0 Å². The first kappa shape index (κ1) is 14.9. The number of rotatable bonds is 4. The predicted molar refractivity (Wildman–Crippen MR) is 87.9 cm³/mol. The lowest BCUT2D eigenvalue weighted by Gasteiger charge is -2.42. The molecule has 2 heteroatoms. The highest BCUT2D eigenvalue weighted by molar-refractivity contribution is 5.37. The van der Waals surface area contributed by atoms with Gasteiger partial charge in [0.2, 0.25) is 0 Å². The largest absolute Gasteiger partial charge is 0.496 e. The lowest BCUT2D eigenvalue weighted by atomic mass is 9.73. The van der Waals surface area contributed by atoms with Gasteiger partial charge in [-0.15, -0.1) is 0 Å². The first-order valence-corrected chi connectivity index (χ1v) is 8.56. The lowest BCUT2D eigenvalue weighted by molar-refractivity contribution is 0.182. The Balaban J connectivity index is 1.50. The second-order valence-corrected chi connectivity index (χ2v) is 7.24. The molecule has 1 N–H and O–H groups in total. The topological polar surface area (TPSA) is 21.3 Å². The molecule has 21 heavy (non-hydrogen) atoms. The summed E-state index contributed by atoms with van der Waals surface area (Å²) in [6.07, 6.45) is 6.64. The molecule has 1 aromatic rings. The van der Waals surface area contributed by atoms with Crippen molar-refractivity contribution in [3.05, 3.63) is 29.8 Å². The van der Waals surface area contributed by atoms with E-state index in [-0.39, 0.29) is 0 Å². The van der Waals surface area contributed by atoms with Gasteiger partial charge in [0.25, 0.3) is 0 Å². The molecule has 3 atom stereocenters. The Labute approximate surface area is 129 Å². The van der Waals surface area contributed by atoms with Crippen LogP contribution in [0.15, 0.2) is 24.3 Å². The zero-order chi connectivity index (χ0) is 14.8. The molecule has 0 radical (unpaired) electrons. The summed E-state index contributed by atoms with van der Waals surface area (Å²) < 4.78 is 5.49. The van der Waals surface area contributed by atoms with Crippen LogP contribution in [-0.4, -0.2) is 19.2 Å². The molecule has 2 aliphatic rings. The van der Waals surface area contributed by atoms with Gasteiger partial charge in [-0.2, -0.15) is 0 Å². The van der Waals surface area contributed by atoms with Gasteiger partial charge >= 0.3 is 0 Å². The minimum absolute atomic E-state index is 0.679. The molecule has 0 bridgehead atoms. The third-order valence-electron chi connectivity index (χ3n) is 5.79. The molecule has 0 heterocycles. The normalized spacial score (nSPS) is 36.0. The summed E-state index contributed by atoms with van der Waals surface area (Å²) in [6, 6.07) is 9.96. The van der Waals surface area contributed by atoms with E-state index in [2.05, 4.69) is 43.4 Å². The van der Waals surface area contributed by atoms with Gasteiger partial charge in [0.05, 0.1) is 7.11 Å². The van der Waals surface area contributed by atoms with E-state index >= 15 is 0 Å². The molecule has 2 nitrogen and oxygen atoms in total. The molecule has 2 aliphatic carbocycles. The van der Waals surface area contributed by atoms with Crippen LogP contribution in [0, 0.1) is 11.8 Å². The molecule has 1 aromatic carbocycles. The SMILES string of the molecule is COc1ccccc1C1CC(NC2CCC(C)C(C)C2)C1. The van der Waals surface area contributed by atoms with E-state index in [1.165, 1.54) is 37.7 Å². The maximum absolute atomic E-state index is 5.49. The van der Waals surface area contributed by atoms with Crippen molar-refractivity contribution in [1.82, 2.24) is 5.32 Å². The second-order valence-electron chi connectivity index (χ2n) is 7.24. The number of benzene rings is 1. The van der Waals surface area contributed by atoms with Crippen LogP contribution >= 0.6 is 0 Å². The first-order chi connectivity index (χ1) is 10.2. The summed E-state index contributed by atoms with van der Waals surface area (Å²) in [5.41, 5.74) is 1.39. The third kappa shape index (κ3) is 3.26. The Morgan fingerprint density at radius 2 is 1.71 bits per heavy atom. The van der Waals surface area contributed by atoms with Gasteiger partial charge in [0, 0.05) is 12.1 Å². The molecule has 0 amide bonds. The second kappa shape index (κ2) is 6.39. The highest BCUT2D eigenvalue weighted by Gasteiger charge is 2.34. The van der Waals surface area contributed by atoms with Crippen LogP contribution in [0.25, 0.3) is 0 Å². The molecule has 0 aliphatic heterocycles. The molecule has 3 rings (SSSR count). The number of nitrogens with one attached hydrogen (secondary N) is 1. The van der Waals surface area contributed by atoms with Crippen molar-refractivity contribution in [3.63, 3.8) is 0 Å². The summed E-state index contributed by atoms with van der Waals surface area (Å²) in [5.74, 6) is 3.52. The van der Waals surface area contributed by atoms with E-state index in [1.807, 2.05) is 0 Å². The van der Waals surface area contributed by atoms with Gasteiger partial charge in [-0.25, -0.2) is 0 Å². The fourth-order valence-electron chi connectivity index (χ4n) is 4.04. The first-order valence-electron chi connectivity index (χ1n) is 8.56. The van der Waals surface area contributed by atoms with Crippen LogP contribution in [0.3, 0.4) is 0 Å². The van der Waals surface area contributed by atoms with Crippen molar-refractivity contribution in [1.29, 1.82) is 0 Å². The summed E-state index contributed by atoms with van der Waals surface area (Å²) in [7, 11) is 1.78. The standard InChI is InChI=1S/C19H29NO/c1-13-8-9-16(10-14(13)2)20-17-11-15(12-17)18-6-4-5-7-19(18)21-3/h4-7,13-17,20H,8-12H2,1-3H3. The van der Waals surface area contributed by atoms with Crippen LogP contribution < -0.4 is 10.1 Å². The van der Waals surface area contributed by atoms with Gasteiger partial charge in [0.1, 0.15) is 5.75 Å². The van der Waals surface area contributed by atoms with Crippen molar-refractivity contribution in [2.75, 3.05) is 7.11 Å². The van der Waals surface area contributed by atoms with E-state index < -0.39 is 0 Å². The smallest absolute Gasteiger partial charge is 0.122 e. The van der Waals surface area contributed by atoms with Gasteiger partial charge in [-0.1, -0.05) is 32.0 Å². The van der Waals surface area contributed by atoms with E-state index in [0.717, 1.165) is 23.6 Å². The molecular weight excluding hydrogens is 258 g/mol. The number of methoxy groups -OCH3 is 1. The fraction of sp³-hybridized carbons (Fsp3) is 0.684. The summed E-state index contributed by atoms with van der Waals surface area (Å²) in [4.78, 5) is 0. The molecule has 2 fully saturated rings. The Hall–Kier alpha value is -1.02. The van der Waals surface area contributed by atoms with Gasteiger partial charge < -0.3 is 10.1 Å². The van der Waals surface area contributed by atoms with E-state index in [1.54, 1.807) is 7.11 Å². The molecule has 0 aromatic heterocycles. The van der Waals surface area contributed by atoms with Crippen molar-refractivity contribution < 1.29 is 4.74 Å². The van der Waals surface area contributed by atoms with Crippen molar-refractivity contribution in [3.8, 4) is 5.75 Å². The fourth-order valence-corrected chi connectivity index (χ4v) is 4.04. The predicted octanol–water partition coefficient (Wildman–Crippen LogP) is 4.36. The number of ether oxygens (including phenoxy) is 1. The molecule has 116 valence electrons. The Kier molecular flexibility index (Phi) is 4.54. The number of para-hydroxylation sites is 1. The monoisotopic (exact) mass is 287 g/mol. The average Bonchev–Trinajstić information content (AvgIpc) is 2.46. The van der Waals surface area contributed by atoms with Gasteiger partial charge in [-0.3, -0.25) is 0 Å². The van der Waals surface area contributed by atoms with E-state index in [9.17, 15) is 0 Å². The molecule has 0 saturated heterocycles. The van der Waals surface area contributed by atoms with Crippen molar-refractivity contribution in [2.24, 2.45) is 11.8 Å². The van der Waals surface area contributed by atoms with Crippen molar-refractivity contribution in [2.45, 2.75) is 64.0 Å². The van der Waals surface area contributed by atoms with E-state index in [0.29, 0.717) is 12.0 Å². The highest BCUT2D eigenvalue weighted by atomic mass is 16.5. The molecule has 0 spiro atoms. The van der Waals surface area contributed by atoms with Crippen LogP contribution in [0.1, 0.15) is 57.4 Å². The van der Waals surface area contributed by atoms with Crippen LogP contribution in [-0.2, 0) is 0 Å². The third-order valence-corrected chi connectivity index (χ3v) is 5.79. The highest BCUT2D eigenvalue weighted by Crippen LogP contribution is 2.41. The quantitative estimate of drug-likeness (QED) is 0.888. The van der Waals surface area contributed by atoms with Gasteiger partial charge in [-0.05, 0) is 61.5 Å². The number of hydrogen-bond acceptors (Lipinski definition) is 2. The molecule has 3 unspecified atom stereocenters. The minimum atomic E-state index is 0.679. The maximum Gasteiger partial charge on any atom is 0.122 e. The molecular formula is C19H29NO. The summed E-state index contributed by atoms with van der Waals surface area (Å²) in [6.45, 7) is 4.82. The average molecular weight is 287 g/mol. The Morgan fingerprint density at radius 3 is 2.43 bits per heavy atom. The zero-order valence-electron chi connectivity index (χ0n) is 13.6. The van der Waals surface area contributed by atoms with Crippen molar-refractivity contribution >= 4 is 0 Å². The summed E-state index contributed by atoms with van der Waals surface area (Å²) in [5, 5.41) is 3.90. The van der Waals surface area contributed by atoms with Crippen LogP contribution in [0.4, 0.5) is 0 Å². The minimum Gasteiger partial charge on any atom is -0.496 e.